The second-order valence-electron chi connectivity index (χ2n) is 8.85. The molecule has 2 saturated carbocycles. The van der Waals surface area contributed by atoms with Gasteiger partial charge in [0.1, 0.15) is 12.1 Å². The van der Waals surface area contributed by atoms with Gasteiger partial charge in [-0.05, 0) is 62.6 Å². The summed E-state index contributed by atoms with van der Waals surface area (Å²) >= 11 is 0. The largest absolute Gasteiger partial charge is 0.356 e. The van der Waals surface area contributed by atoms with Gasteiger partial charge in [-0.15, -0.1) is 0 Å². The summed E-state index contributed by atoms with van der Waals surface area (Å²) in [5.74, 6) is 2.17. The Labute approximate surface area is 177 Å². The zero-order chi connectivity index (χ0) is 21.0. The minimum absolute atomic E-state index is 0.249. The number of aryl methyl sites for hydroxylation is 1. The number of nitrogens with two attached hydrogens (primary N) is 1. The highest BCUT2D eigenvalue weighted by Gasteiger charge is 2.42. The van der Waals surface area contributed by atoms with Crippen molar-refractivity contribution in [2.45, 2.75) is 49.6 Å². The zero-order valence-electron chi connectivity index (χ0n) is 17.3. The fourth-order valence-electron chi connectivity index (χ4n) is 5.33. The maximum Gasteiger partial charge on any atom is 0.269 e. The monoisotopic (exact) mass is 425 g/mol. The van der Waals surface area contributed by atoms with Crippen molar-refractivity contribution < 1.29 is 8.42 Å². The van der Waals surface area contributed by atoms with Crippen molar-refractivity contribution in [3.05, 3.63) is 48.4 Å². The molecule has 1 aromatic carbocycles. The number of hydrogen-bond donors (Lipinski definition) is 1. The van der Waals surface area contributed by atoms with Crippen LogP contribution in [0.25, 0.3) is 11.0 Å². The van der Waals surface area contributed by atoms with Crippen LogP contribution in [0.1, 0.15) is 31.2 Å². The quantitative estimate of drug-likeness (QED) is 0.691. The number of rotatable bonds is 4. The molecule has 0 aliphatic heterocycles. The number of hydrogen-bond acceptors (Lipinski definition) is 6. The molecule has 2 N–H and O–H groups in total. The summed E-state index contributed by atoms with van der Waals surface area (Å²) in [6, 6.07) is 9.41. The topological polar surface area (TPSA) is 94.1 Å². The number of aromatic nitrogens is 3. The molecule has 2 heterocycles. The minimum atomic E-state index is -3.73. The molecule has 0 saturated heterocycles. The summed E-state index contributed by atoms with van der Waals surface area (Å²) in [4.78, 5) is 11.3. The van der Waals surface area contributed by atoms with Crippen LogP contribution in [0.2, 0.25) is 0 Å². The van der Waals surface area contributed by atoms with Gasteiger partial charge < -0.3 is 10.6 Å². The first-order valence-electron chi connectivity index (χ1n) is 10.5. The molecule has 3 aromatic rings. The standard InChI is InChI=1S/C22H27N5O2S/c1-14-3-5-19(6-4-14)30(28,29)27-8-7-20-21(24-13-25-22(20)27)26(2)18-11-15-9-17(23)10-16(15)12-18/h3-8,13,15-18H,9-12,23H2,1-2H3. The first-order chi connectivity index (χ1) is 14.3. The lowest BCUT2D eigenvalue weighted by molar-refractivity contribution is 0.457. The number of nitrogens with zero attached hydrogens (tertiary/aromatic N) is 4. The van der Waals surface area contributed by atoms with Crippen LogP contribution in [0.15, 0.2) is 47.8 Å². The van der Waals surface area contributed by atoms with Crippen molar-refractivity contribution in [2.75, 3.05) is 11.9 Å². The third-order valence-electron chi connectivity index (χ3n) is 6.91. The lowest BCUT2D eigenvalue weighted by Crippen LogP contribution is -2.31. The van der Waals surface area contributed by atoms with Crippen LogP contribution in [0.5, 0.6) is 0 Å². The Kier molecular flexibility index (Phi) is 4.59. The van der Waals surface area contributed by atoms with Crippen LogP contribution in [0.4, 0.5) is 5.82 Å². The van der Waals surface area contributed by atoms with E-state index in [9.17, 15) is 8.42 Å². The molecular formula is C22H27N5O2S. The van der Waals surface area contributed by atoms with E-state index < -0.39 is 10.0 Å². The van der Waals surface area contributed by atoms with E-state index in [0.717, 1.165) is 42.5 Å². The molecule has 2 aliphatic rings. The molecule has 2 fully saturated rings. The van der Waals surface area contributed by atoms with E-state index in [4.69, 9.17) is 5.73 Å². The molecule has 7 nitrogen and oxygen atoms in total. The van der Waals surface area contributed by atoms with E-state index in [1.807, 2.05) is 6.92 Å². The highest BCUT2D eigenvalue weighted by Crippen LogP contribution is 2.45. The molecule has 2 atom stereocenters. The second kappa shape index (κ2) is 7.06. The van der Waals surface area contributed by atoms with Crippen LogP contribution in [-0.4, -0.2) is 41.5 Å². The number of benzene rings is 1. The maximum absolute atomic E-state index is 13.2. The summed E-state index contributed by atoms with van der Waals surface area (Å²) in [5.41, 5.74) is 7.56. The Bertz CT molecular complexity index is 1170. The maximum atomic E-state index is 13.2. The molecule has 2 aliphatic carbocycles. The molecule has 0 radical (unpaired) electrons. The van der Waals surface area contributed by atoms with E-state index in [-0.39, 0.29) is 4.90 Å². The normalized spacial score (nSPS) is 26.2. The van der Waals surface area contributed by atoms with Gasteiger partial charge in [-0.2, -0.15) is 0 Å². The predicted molar refractivity (Wildman–Crippen MR) is 117 cm³/mol. The Morgan fingerprint density at radius 1 is 1.03 bits per heavy atom. The highest BCUT2D eigenvalue weighted by molar-refractivity contribution is 7.90. The summed E-state index contributed by atoms with van der Waals surface area (Å²) in [5, 5.41) is 0.754. The summed E-state index contributed by atoms with van der Waals surface area (Å²) in [7, 11) is -1.67. The summed E-state index contributed by atoms with van der Waals surface area (Å²) < 4.78 is 27.7. The number of anilines is 1. The van der Waals surface area contributed by atoms with Crippen molar-refractivity contribution in [3.8, 4) is 0 Å². The molecule has 30 heavy (non-hydrogen) atoms. The smallest absolute Gasteiger partial charge is 0.269 e. The van der Waals surface area contributed by atoms with Crippen molar-refractivity contribution in [3.63, 3.8) is 0 Å². The fraction of sp³-hybridized carbons (Fsp3) is 0.455. The van der Waals surface area contributed by atoms with Crippen LogP contribution < -0.4 is 10.6 Å². The molecule has 0 spiro atoms. The van der Waals surface area contributed by atoms with Gasteiger partial charge >= 0.3 is 0 Å². The predicted octanol–water partition coefficient (Wildman–Crippen LogP) is 2.93. The van der Waals surface area contributed by atoms with E-state index in [0.29, 0.717) is 29.6 Å². The number of fused-ring (bicyclic) bond motifs is 2. The molecule has 2 unspecified atom stereocenters. The summed E-state index contributed by atoms with van der Waals surface area (Å²) in [6.45, 7) is 1.93. The fourth-order valence-corrected chi connectivity index (χ4v) is 6.64. The van der Waals surface area contributed by atoms with Gasteiger partial charge in [0, 0.05) is 25.3 Å². The van der Waals surface area contributed by atoms with Crippen LogP contribution in [0.3, 0.4) is 0 Å². The molecule has 2 aromatic heterocycles. The molecule has 8 heteroatoms. The van der Waals surface area contributed by atoms with Gasteiger partial charge in [0.15, 0.2) is 5.65 Å². The van der Waals surface area contributed by atoms with Crippen molar-refractivity contribution in [1.29, 1.82) is 0 Å². The molecular weight excluding hydrogens is 398 g/mol. The van der Waals surface area contributed by atoms with Gasteiger partial charge in [-0.1, -0.05) is 17.7 Å². The molecule has 5 rings (SSSR count). The molecule has 0 amide bonds. The van der Waals surface area contributed by atoms with Crippen LogP contribution in [-0.2, 0) is 10.0 Å². The van der Waals surface area contributed by atoms with E-state index in [1.54, 1.807) is 36.5 Å². The van der Waals surface area contributed by atoms with Gasteiger partial charge in [-0.25, -0.2) is 22.4 Å². The third-order valence-corrected chi connectivity index (χ3v) is 8.59. The average molecular weight is 426 g/mol. The van der Waals surface area contributed by atoms with Crippen molar-refractivity contribution in [1.82, 2.24) is 13.9 Å². The lowest BCUT2D eigenvalue weighted by Gasteiger charge is -2.27. The van der Waals surface area contributed by atoms with Crippen LogP contribution >= 0.6 is 0 Å². The lowest BCUT2D eigenvalue weighted by atomic mass is 10.0. The molecule has 158 valence electrons. The van der Waals surface area contributed by atoms with Crippen molar-refractivity contribution >= 4 is 26.9 Å². The third kappa shape index (κ3) is 3.09. The highest BCUT2D eigenvalue weighted by atomic mass is 32.2. The van der Waals surface area contributed by atoms with E-state index in [2.05, 4.69) is 21.9 Å². The second-order valence-corrected chi connectivity index (χ2v) is 10.7. The minimum Gasteiger partial charge on any atom is -0.356 e. The SMILES string of the molecule is Cc1ccc(S(=O)(=O)n2ccc3c(N(C)C4CC5CC(N)CC5C4)ncnc32)cc1. The Morgan fingerprint density at radius 3 is 2.37 bits per heavy atom. The molecule has 0 bridgehead atoms. The van der Waals surface area contributed by atoms with Gasteiger partial charge in [0.25, 0.3) is 10.0 Å². The zero-order valence-corrected chi connectivity index (χ0v) is 18.1. The average Bonchev–Trinajstić information content (AvgIpc) is 3.40. The van der Waals surface area contributed by atoms with Crippen LogP contribution in [0, 0.1) is 18.8 Å². The Balaban J connectivity index is 1.49. The van der Waals surface area contributed by atoms with E-state index in [1.165, 1.54) is 10.3 Å². The van der Waals surface area contributed by atoms with Gasteiger partial charge in [0.2, 0.25) is 0 Å². The Morgan fingerprint density at radius 2 is 1.70 bits per heavy atom. The van der Waals surface area contributed by atoms with E-state index >= 15 is 0 Å². The first kappa shape index (κ1) is 19.5. The Hall–Kier alpha value is -2.45. The van der Waals surface area contributed by atoms with Crippen molar-refractivity contribution in [2.24, 2.45) is 17.6 Å². The summed E-state index contributed by atoms with van der Waals surface area (Å²) in [6.07, 6.45) is 7.49. The van der Waals surface area contributed by atoms with Gasteiger partial charge in [-0.3, -0.25) is 0 Å². The first-order valence-corrected chi connectivity index (χ1v) is 11.9. The van der Waals surface area contributed by atoms with Gasteiger partial charge in [0.05, 0.1) is 10.3 Å².